The van der Waals surface area contributed by atoms with Crippen molar-refractivity contribution in [2.45, 2.75) is 162 Å². The van der Waals surface area contributed by atoms with Gasteiger partial charge in [0.05, 0.1) is 30.0 Å². The highest BCUT2D eigenvalue weighted by atomic mass is 16.8. The van der Waals surface area contributed by atoms with Crippen molar-refractivity contribution in [3.05, 3.63) is 0 Å². The Morgan fingerprint density at radius 2 is 1.55 bits per heavy atom. The first-order valence-corrected chi connectivity index (χ1v) is 16.2. The molecule has 4 rings (SSSR count). The summed E-state index contributed by atoms with van der Waals surface area (Å²) in [4.78, 5) is 14.1. The summed E-state index contributed by atoms with van der Waals surface area (Å²) in [6, 6.07) is 0. The van der Waals surface area contributed by atoms with E-state index in [-0.39, 0.29) is 65.2 Å². The minimum atomic E-state index is -1.20. The van der Waals surface area contributed by atoms with Crippen LogP contribution in [0.5, 0.6) is 0 Å². The Morgan fingerprint density at radius 1 is 0.900 bits per heavy atom. The van der Waals surface area contributed by atoms with Crippen molar-refractivity contribution in [3.8, 4) is 0 Å². The van der Waals surface area contributed by atoms with Gasteiger partial charge in [-0.15, -0.1) is 0 Å². The standard InChI is InChI=1S/C33H58O7/c1-12-25(27(35)22(8)26(34)23(9)28-18(4)15-20(6)32(36,14-3)39-28)29-19(5)16-30(11,38-29)33-21(7)17-31(13-2,40-33)24(10)37-33/h18-26,28-29,34,36H,12-17H2,1-11H3/t18-,19-,20-,21+,22-,23-,24?,25+,26+,28-,29-,30-,31?,32-,33?/m0/s1. The van der Waals surface area contributed by atoms with Crippen molar-refractivity contribution in [3.63, 3.8) is 0 Å². The molecule has 2 bridgehead atoms. The van der Waals surface area contributed by atoms with Crippen LogP contribution in [0.4, 0.5) is 0 Å². The SMILES string of the molecule is CC[C@H](C(=O)[C@@H](C)[C@@H](O)[C@H](C)[C@H]1O[C@@](O)(CC)[C@@H](C)C[C@@H]1C)[C@H]1O[C@](C)(C23OC(C)C(CC)(C[C@H]2C)O3)C[C@@H]1C. The van der Waals surface area contributed by atoms with E-state index in [2.05, 4.69) is 41.5 Å². The lowest BCUT2D eigenvalue weighted by Crippen LogP contribution is -2.57. The molecule has 232 valence electrons. The summed E-state index contributed by atoms with van der Waals surface area (Å²) in [7, 11) is 0. The predicted octanol–water partition coefficient (Wildman–Crippen LogP) is 5.88. The quantitative estimate of drug-likeness (QED) is 0.341. The van der Waals surface area contributed by atoms with Crippen LogP contribution in [0, 0.1) is 41.4 Å². The zero-order chi connectivity index (χ0) is 30.0. The lowest BCUT2D eigenvalue weighted by molar-refractivity contribution is -0.306. The molecule has 0 aromatic carbocycles. The summed E-state index contributed by atoms with van der Waals surface area (Å²) in [5, 5.41) is 22.6. The van der Waals surface area contributed by atoms with E-state index in [4.69, 9.17) is 18.9 Å². The minimum absolute atomic E-state index is 0.00138. The third-order valence-electron chi connectivity index (χ3n) is 11.9. The molecule has 4 fully saturated rings. The van der Waals surface area contributed by atoms with Crippen molar-refractivity contribution < 1.29 is 34.0 Å². The largest absolute Gasteiger partial charge is 0.392 e. The molecule has 0 aliphatic carbocycles. The van der Waals surface area contributed by atoms with Crippen molar-refractivity contribution >= 4 is 5.78 Å². The Morgan fingerprint density at radius 3 is 2.10 bits per heavy atom. The van der Waals surface area contributed by atoms with Crippen LogP contribution in [0.25, 0.3) is 0 Å². The molecule has 0 aromatic heterocycles. The molecule has 4 saturated heterocycles. The van der Waals surface area contributed by atoms with Crippen LogP contribution in [0.15, 0.2) is 0 Å². The van der Waals surface area contributed by atoms with Gasteiger partial charge in [0.1, 0.15) is 11.4 Å². The number of aliphatic hydroxyl groups is 2. The number of hydrogen-bond donors (Lipinski definition) is 2. The average Bonchev–Trinajstić information content (AvgIpc) is 3.51. The second-order valence-electron chi connectivity index (χ2n) is 14.5. The van der Waals surface area contributed by atoms with E-state index < -0.39 is 29.2 Å². The molecule has 0 aromatic rings. The van der Waals surface area contributed by atoms with Crippen LogP contribution in [-0.4, -0.2) is 63.2 Å². The molecule has 0 saturated carbocycles. The van der Waals surface area contributed by atoms with Crippen molar-refractivity contribution in [1.82, 2.24) is 0 Å². The molecule has 0 radical (unpaired) electrons. The van der Waals surface area contributed by atoms with Crippen molar-refractivity contribution in [1.29, 1.82) is 0 Å². The van der Waals surface area contributed by atoms with Gasteiger partial charge in [-0.2, -0.15) is 0 Å². The highest BCUT2D eigenvalue weighted by molar-refractivity contribution is 5.84. The molecule has 3 unspecified atom stereocenters. The van der Waals surface area contributed by atoms with Gasteiger partial charge < -0.3 is 29.2 Å². The third-order valence-corrected chi connectivity index (χ3v) is 11.9. The molecular formula is C33H58O7. The summed E-state index contributed by atoms with van der Waals surface area (Å²) >= 11 is 0. The molecule has 4 heterocycles. The Kier molecular flexibility index (Phi) is 9.03. The van der Waals surface area contributed by atoms with E-state index in [0.29, 0.717) is 12.8 Å². The lowest BCUT2D eigenvalue weighted by Gasteiger charge is -2.48. The first-order valence-electron chi connectivity index (χ1n) is 16.2. The van der Waals surface area contributed by atoms with Gasteiger partial charge in [-0.25, -0.2) is 0 Å². The summed E-state index contributed by atoms with van der Waals surface area (Å²) in [5.74, 6) is -2.67. The molecule has 40 heavy (non-hydrogen) atoms. The number of ether oxygens (including phenoxy) is 4. The maximum atomic E-state index is 14.1. The van der Waals surface area contributed by atoms with Gasteiger partial charge in [0.25, 0.3) is 0 Å². The molecule has 2 N–H and O–H groups in total. The van der Waals surface area contributed by atoms with E-state index >= 15 is 0 Å². The van der Waals surface area contributed by atoms with Gasteiger partial charge in [-0.3, -0.25) is 4.79 Å². The Hall–Kier alpha value is -0.570. The molecule has 0 amide bonds. The number of hydrogen-bond acceptors (Lipinski definition) is 7. The maximum Gasteiger partial charge on any atom is 0.201 e. The van der Waals surface area contributed by atoms with Gasteiger partial charge in [0.15, 0.2) is 5.79 Å². The van der Waals surface area contributed by atoms with E-state index in [1.807, 2.05) is 34.6 Å². The van der Waals surface area contributed by atoms with Crippen LogP contribution < -0.4 is 0 Å². The van der Waals surface area contributed by atoms with Crippen LogP contribution in [0.3, 0.4) is 0 Å². The predicted molar refractivity (Wildman–Crippen MR) is 154 cm³/mol. The summed E-state index contributed by atoms with van der Waals surface area (Å²) in [5.41, 5.74) is -0.935. The average molecular weight is 567 g/mol. The van der Waals surface area contributed by atoms with Gasteiger partial charge in [0, 0.05) is 29.6 Å². The Balaban J connectivity index is 1.50. The highest BCUT2D eigenvalue weighted by Crippen LogP contribution is 2.62. The van der Waals surface area contributed by atoms with Crippen LogP contribution >= 0.6 is 0 Å². The van der Waals surface area contributed by atoms with Gasteiger partial charge in [-0.1, -0.05) is 62.3 Å². The zero-order valence-corrected chi connectivity index (χ0v) is 27.0. The van der Waals surface area contributed by atoms with Gasteiger partial charge in [-0.05, 0) is 64.2 Å². The zero-order valence-electron chi connectivity index (χ0n) is 27.0. The summed E-state index contributed by atoms with van der Waals surface area (Å²) in [6.07, 6.45) is 3.08. The number of fused-ring (bicyclic) bond motifs is 2. The fourth-order valence-electron chi connectivity index (χ4n) is 9.16. The second kappa shape index (κ2) is 11.2. The summed E-state index contributed by atoms with van der Waals surface area (Å²) in [6.45, 7) is 22.6. The number of aliphatic hydroxyl groups excluding tert-OH is 1. The molecular weight excluding hydrogens is 508 g/mol. The van der Waals surface area contributed by atoms with E-state index in [1.54, 1.807) is 0 Å². The number of ketones is 1. The fourth-order valence-corrected chi connectivity index (χ4v) is 9.16. The van der Waals surface area contributed by atoms with Gasteiger partial charge >= 0.3 is 0 Å². The number of rotatable bonds is 10. The molecule has 15 atom stereocenters. The van der Waals surface area contributed by atoms with E-state index in [1.165, 1.54) is 0 Å². The van der Waals surface area contributed by atoms with Gasteiger partial charge in [0.2, 0.25) is 5.79 Å². The Labute approximate surface area is 243 Å². The van der Waals surface area contributed by atoms with E-state index in [0.717, 1.165) is 25.7 Å². The molecule has 4 aliphatic heterocycles. The van der Waals surface area contributed by atoms with Crippen LogP contribution in [-0.2, 0) is 23.7 Å². The monoisotopic (exact) mass is 566 g/mol. The number of carbonyl (C=O) groups is 1. The molecule has 4 aliphatic rings. The van der Waals surface area contributed by atoms with E-state index in [9.17, 15) is 15.0 Å². The summed E-state index contributed by atoms with van der Waals surface area (Å²) < 4.78 is 26.6. The maximum absolute atomic E-state index is 14.1. The normalized spacial score (nSPS) is 50.1. The van der Waals surface area contributed by atoms with Crippen molar-refractivity contribution in [2.24, 2.45) is 41.4 Å². The molecule has 0 spiro atoms. The van der Waals surface area contributed by atoms with Crippen LogP contribution in [0.1, 0.15) is 115 Å². The molecule has 7 heteroatoms. The second-order valence-corrected chi connectivity index (χ2v) is 14.5. The topological polar surface area (TPSA) is 94.5 Å². The number of Topliss-reactive ketones (excluding diaryl/α,β-unsaturated/α-hetero) is 1. The minimum Gasteiger partial charge on any atom is -0.392 e. The van der Waals surface area contributed by atoms with Crippen LogP contribution in [0.2, 0.25) is 0 Å². The van der Waals surface area contributed by atoms with Crippen molar-refractivity contribution in [2.75, 3.05) is 0 Å². The number of carbonyl (C=O) groups excluding carboxylic acids is 1. The lowest BCUT2D eigenvalue weighted by atomic mass is 9.73. The third kappa shape index (κ3) is 4.83. The fraction of sp³-hybridized carbons (Fsp3) is 0.970. The molecule has 7 nitrogen and oxygen atoms in total. The first-order chi connectivity index (χ1) is 18.5. The Bertz CT molecular complexity index is 926. The first kappa shape index (κ1) is 32.3. The highest BCUT2D eigenvalue weighted by Gasteiger charge is 2.73. The smallest absolute Gasteiger partial charge is 0.201 e.